The van der Waals surface area contributed by atoms with Gasteiger partial charge in [0.15, 0.2) is 0 Å². The van der Waals surface area contributed by atoms with E-state index < -0.39 is 12.1 Å². The highest BCUT2D eigenvalue weighted by Crippen LogP contribution is 2.58. The number of aromatic amines is 2. The van der Waals surface area contributed by atoms with E-state index >= 15 is 0 Å². The number of H-pyrrole nitrogens is 2. The van der Waals surface area contributed by atoms with E-state index in [1.54, 1.807) is 0 Å². The van der Waals surface area contributed by atoms with Crippen LogP contribution in [0.4, 0.5) is 4.79 Å². The summed E-state index contributed by atoms with van der Waals surface area (Å²) in [6, 6.07) is 18.2. The molecule has 5 heterocycles. The van der Waals surface area contributed by atoms with Crippen LogP contribution in [0, 0.1) is 28.6 Å². The van der Waals surface area contributed by atoms with Crippen LogP contribution in [0.1, 0.15) is 96.9 Å². The van der Waals surface area contributed by atoms with Crippen LogP contribution in [-0.4, -0.2) is 87.1 Å². The molecule has 12 nitrogen and oxygen atoms in total. The van der Waals surface area contributed by atoms with E-state index in [4.69, 9.17) is 19.4 Å². The lowest BCUT2D eigenvalue weighted by molar-refractivity contribution is -0.138. The summed E-state index contributed by atoms with van der Waals surface area (Å²) in [5.74, 6) is 1.83. The van der Waals surface area contributed by atoms with Gasteiger partial charge < -0.3 is 34.6 Å². The number of nitrogens with zero attached hydrogens (tertiary/aromatic N) is 4. The molecule has 3 aromatic carbocycles. The second kappa shape index (κ2) is 15.1. The van der Waals surface area contributed by atoms with Gasteiger partial charge in [-0.1, -0.05) is 77.1 Å². The first-order valence-electron chi connectivity index (χ1n) is 21.5. The van der Waals surface area contributed by atoms with Gasteiger partial charge in [-0.3, -0.25) is 9.59 Å². The monoisotopic (exact) mass is 799 g/mol. The Morgan fingerprint density at radius 3 is 2.20 bits per heavy atom. The number of carbonyl (C=O) groups excluding carboxylic acids is 3. The van der Waals surface area contributed by atoms with E-state index in [0.29, 0.717) is 19.7 Å². The fourth-order valence-corrected chi connectivity index (χ4v) is 9.89. The Kier molecular flexibility index (Phi) is 10.0. The molecule has 4 fully saturated rings. The minimum atomic E-state index is -0.684. The summed E-state index contributed by atoms with van der Waals surface area (Å²) in [5.41, 5.74) is 6.10. The van der Waals surface area contributed by atoms with Crippen molar-refractivity contribution in [1.82, 2.24) is 35.1 Å². The number of imidazole rings is 2. The van der Waals surface area contributed by atoms with Crippen molar-refractivity contribution in [3.63, 3.8) is 0 Å². The Labute approximate surface area is 345 Å². The summed E-state index contributed by atoms with van der Waals surface area (Å²) in [7, 11) is 1.32. The van der Waals surface area contributed by atoms with Crippen LogP contribution in [0.25, 0.3) is 44.2 Å². The summed E-state index contributed by atoms with van der Waals surface area (Å²) >= 11 is 0. The second-order valence-corrected chi connectivity index (χ2v) is 18.7. The zero-order valence-electron chi connectivity index (χ0n) is 35.1. The van der Waals surface area contributed by atoms with Crippen LogP contribution >= 0.6 is 0 Å². The molecule has 3 aliphatic heterocycles. The van der Waals surface area contributed by atoms with Crippen molar-refractivity contribution in [2.75, 3.05) is 33.4 Å². The summed E-state index contributed by atoms with van der Waals surface area (Å²) in [6.45, 7) is 13.0. The number of amides is 3. The van der Waals surface area contributed by atoms with Crippen LogP contribution in [0.15, 0.2) is 60.8 Å². The van der Waals surface area contributed by atoms with Crippen molar-refractivity contribution in [2.24, 2.45) is 28.6 Å². The minimum absolute atomic E-state index is 0.0186. The molecule has 59 heavy (non-hydrogen) atoms. The van der Waals surface area contributed by atoms with E-state index in [0.717, 1.165) is 101 Å². The van der Waals surface area contributed by atoms with Gasteiger partial charge in [0.25, 0.3) is 0 Å². The first-order valence-corrected chi connectivity index (χ1v) is 21.5. The average Bonchev–Trinajstić information content (AvgIpc) is 3.66. The number of rotatable bonds is 9. The maximum Gasteiger partial charge on any atom is 0.407 e. The van der Waals surface area contributed by atoms with Crippen LogP contribution in [-0.2, 0) is 19.1 Å². The number of hydrogen-bond acceptors (Lipinski definition) is 7. The molecular formula is C47H57N7O5. The molecule has 12 heteroatoms. The third kappa shape index (κ3) is 7.27. The molecule has 0 bridgehead atoms. The molecule has 3 saturated heterocycles. The molecule has 0 unspecified atom stereocenters. The van der Waals surface area contributed by atoms with Crippen LogP contribution in [0.3, 0.4) is 0 Å². The fourth-order valence-electron chi connectivity index (χ4n) is 9.89. The van der Waals surface area contributed by atoms with Crippen molar-refractivity contribution >= 4 is 39.7 Å². The van der Waals surface area contributed by atoms with Gasteiger partial charge in [0.1, 0.15) is 17.7 Å². The maximum absolute atomic E-state index is 14.0. The van der Waals surface area contributed by atoms with Crippen LogP contribution in [0.2, 0.25) is 0 Å². The van der Waals surface area contributed by atoms with Crippen molar-refractivity contribution < 1.29 is 23.9 Å². The lowest BCUT2D eigenvalue weighted by Crippen LogP contribution is -2.51. The number of methoxy groups -OCH3 is 1. The number of benzene rings is 3. The van der Waals surface area contributed by atoms with Crippen molar-refractivity contribution in [2.45, 2.75) is 91.3 Å². The molecule has 5 atom stereocenters. The third-order valence-electron chi connectivity index (χ3n) is 14.0. The number of likely N-dealkylation sites (tertiary alicyclic amines) is 2. The first kappa shape index (κ1) is 39.2. The van der Waals surface area contributed by atoms with Gasteiger partial charge in [-0.25, -0.2) is 14.8 Å². The van der Waals surface area contributed by atoms with E-state index in [2.05, 4.69) is 88.6 Å². The third-order valence-corrected chi connectivity index (χ3v) is 14.0. The summed E-state index contributed by atoms with van der Waals surface area (Å²) in [6.07, 6.45) is 7.29. The largest absolute Gasteiger partial charge is 0.453 e. The minimum Gasteiger partial charge on any atom is -0.453 e. The zero-order chi connectivity index (χ0) is 41.2. The zero-order valence-corrected chi connectivity index (χ0v) is 35.1. The summed E-state index contributed by atoms with van der Waals surface area (Å²) in [4.78, 5) is 61.1. The van der Waals surface area contributed by atoms with Gasteiger partial charge in [-0.15, -0.1) is 0 Å². The molecule has 2 spiro atoms. The summed E-state index contributed by atoms with van der Waals surface area (Å²) < 4.78 is 10.8. The SMILES string of the molecule is COC(=O)N[C@H](C(=O)N1CC2(CC2)C[C@H]1c1nc2ccc3cc(-c4ccc(-c5cnc([C@@H]6C[C@@]7(CCCOC7)CN6C(=O)[C@@H](C)C(C)C)[nH]5)cc4)ccc3c2[nH]1)C(C)C. The second-order valence-electron chi connectivity index (χ2n) is 18.7. The normalized spacial score (nSPS) is 23.5. The van der Waals surface area contributed by atoms with E-state index in [9.17, 15) is 14.4 Å². The Hall–Kier alpha value is -5.23. The number of fused-ring (bicyclic) bond motifs is 3. The predicted octanol–water partition coefficient (Wildman–Crippen LogP) is 8.57. The van der Waals surface area contributed by atoms with Gasteiger partial charge in [-0.2, -0.15) is 0 Å². The van der Waals surface area contributed by atoms with Gasteiger partial charge in [0.05, 0.1) is 48.7 Å². The molecule has 310 valence electrons. The number of ether oxygens (including phenoxy) is 2. The number of alkyl carbamates (subject to hydrolysis) is 1. The predicted molar refractivity (Wildman–Crippen MR) is 227 cm³/mol. The van der Waals surface area contributed by atoms with Gasteiger partial charge in [0.2, 0.25) is 11.8 Å². The molecule has 2 aromatic heterocycles. The molecule has 9 rings (SSSR count). The first-order chi connectivity index (χ1) is 28.4. The van der Waals surface area contributed by atoms with E-state index in [1.807, 2.05) is 31.9 Å². The number of aromatic nitrogens is 4. The highest BCUT2D eigenvalue weighted by atomic mass is 16.5. The maximum atomic E-state index is 14.0. The van der Waals surface area contributed by atoms with Gasteiger partial charge in [-0.05, 0) is 90.0 Å². The van der Waals surface area contributed by atoms with Crippen molar-refractivity contribution in [3.05, 3.63) is 72.4 Å². The number of nitrogens with one attached hydrogen (secondary N) is 3. The van der Waals surface area contributed by atoms with Crippen molar-refractivity contribution in [1.29, 1.82) is 0 Å². The quantitative estimate of drug-likeness (QED) is 0.135. The topological polar surface area (TPSA) is 146 Å². The molecule has 3 amide bonds. The smallest absolute Gasteiger partial charge is 0.407 e. The van der Waals surface area contributed by atoms with E-state index in [-0.39, 0.29) is 52.5 Å². The van der Waals surface area contributed by atoms with E-state index in [1.165, 1.54) is 7.11 Å². The Morgan fingerprint density at radius 2 is 1.51 bits per heavy atom. The lowest BCUT2D eigenvalue weighted by atomic mass is 9.80. The Bertz CT molecular complexity index is 2390. The van der Waals surface area contributed by atoms with Crippen LogP contribution in [0.5, 0.6) is 0 Å². The average molecular weight is 800 g/mol. The number of carbonyl (C=O) groups is 3. The molecule has 1 aliphatic carbocycles. The molecule has 3 N–H and O–H groups in total. The lowest BCUT2D eigenvalue weighted by Gasteiger charge is -2.33. The van der Waals surface area contributed by atoms with Gasteiger partial charge >= 0.3 is 6.09 Å². The Morgan fingerprint density at radius 1 is 0.814 bits per heavy atom. The standard InChI is InChI=1S/C47H57N7O5/c1-27(2)29(5)43(55)53-25-47(16-7-19-59-26-47)22-37(53)41-48-23-36(50-41)31-10-8-30(9-11-31)32-12-14-34-33(20-32)13-15-35-40(34)51-42(49-35)38-21-46(17-18-46)24-54(38)44(56)39(28(3)4)52-45(57)58-6/h8-15,20,23,27-29,37-39H,7,16-19,21-22,24-26H2,1-6H3,(H,48,50)(H,49,51)(H,52,57)/t29-,37-,38-,39-,47-/m0/s1. The molecular weight excluding hydrogens is 743 g/mol. The molecule has 4 aliphatic rings. The summed E-state index contributed by atoms with van der Waals surface area (Å²) in [5, 5.41) is 4.94. The molecule has 1 saturated carbocycles. The number of hydrogen-bond donors (Lipinski definition) is 3. The molecule has 5 aromatic rings. The Balaban J connectivity index is 0.944. The fraction of sp³-hybridized carbons (Fsp3) is 0.511. The van der Waals surface area contributed by atoms with Crippen molar-refractivity contribution in [3.8, 4) is 22.4 Å². The highest BCUT2D eigenvalue weighted by Gasteiger charge is 2.55. The van der Waals surface area contributed by atoms with Crippen LogP contribution < -0.4 is 5.32 Å². The highest BCUT2D eigenvalue weighted by molar-refractivity contribution is 6.05. The van der Waals surface area contributed by atoms with Gasteiger partial charge in [0, 0.05) is 36.4 Å². The molecule has 0 radical (unpaired) electrons.